The standard InChI is InChI=1S/C14H10Br2F2O/c15-7-10-6-11(16)2-4-14(10)19-8-9-1-3-12(17)13(18)5-9/h1-6H,7-8H2. The van der Waals surface area contributed by atoms with E-state index < -0.39 is 11.6 Å². The van der Waals surface area contributed by atoms with Crippen LogP contribution in [0.25, 0.3) is 0 Å². The van der Waals surface area contributed by atoms with Crippen molar-refractivity contribution in [2.24, 2.45) is 0 Å². The van der Waals surface area contributed by atoms with Crippen LogP contribution in [0, 0.1) is 11.6 Å². The smallest absolute Gasteiger partial charge is 0.159 e. The number of alkyl halides is 1. The van der Waals surface area contributed by atoms with Crippen molar-refractivity contribution in [1.29, 1.82) is 0 Å². The summed E-state index contributed by atoms with van der Waals surface area (Å²) in [5.41, 5.74) is 1.57. The van der Waals surface area contributed by atoms with Crippen molar-refractivity contribution in [3.05, 3.63) is 63.6 Å². The highest BCUT2D eigenvalue weighted by molar-refractivity contribution is 9.10. The van der Waals surface area contributed by atoms with Gasteiger partial charge in [-0.2, -0.15) is 0 Å². The van der Waals surface area contributed by atoms with Gasteiger partial charge in [0.1, 0.15) is 12.4 Å². The van der Waals surface area contributed by atoms with Gasteiger partial charge in [0.05, 0.1) is 0 Å². The quantitative estimate of drug-likeness (QED) is 0.650. The average molecular weight is 392 g/mol. The van der Waals surface area contributed by atoms with Crippen LogP contribution in [0.5, 0.6) is 5.75 Å². The fourth-order valence-corrected chi connectivity index (χ4v) is 2.43. The number of benzene rings is 2. The first-order valence-electron chi connectivity index (χ1n) is 5.51. The molecule has 5 heteroatoms. The largest absolute Gasteiger partial charge is 0.489 e. The lowest BCUT2D eigenvalue weighted by atomic mass is 10.2. The van der Waals surface area contributed by atoms with E-state index in [-0.39, 0.29) is 6.61 Å². The Labute approximate surface area is 126 Å². The highest BCUT2D eigenvalue weighted by Crippen LogP contribution is 2.26. The summed E-state index contributed by atoms with van der Waals surface area (Å²) < 4.78 is 32.4. The van der Waals surface area contributed by atoms with Gasteiger partial charge in [-0.3, -0.25) is 0 Å². The van der Waals surface area contributed by atoms with Crippen LogP contribution in [-0.2, 0) is 11.9 Å². The van der Waals surface area contributed by atoms with Gasteiger partial charge in [0.2, 0.25) is 0 Å². The minimum atomic E-state index is -0.863. The highest BCUT2D eigenvalue weighted by Gasteiger charge is 2.06. The summed E-state index contributed by atoms with van der Waals surface area (Å²) in [6, 6.07) is 9.39. The van der Waals surface area contributed by atoms with Gasteiger partial charge in [0.25, 0.3) is 0 Å². The monoisotopic (exact) mass is 390 g/mol. The molecule has 0 N–H and O–H groups in total. The van der Waals surface area contributed by atoms with Gasteiger partial charge < -0.3 is 4.74 Å². The maximum absolute atomic E-state index is 13.1. The molecule has 0 radical (unpaired) electrons. The van der Waals surface area contributed by atoms with Gasteiger partial charge in [-0.25, -0.2) is 8.78 Å². The summed E-state index contributed by atoms with van der Waals surface area (Å²) >= 11 is 6.76. The van der Waals surface area contributed by atoms with Crippen molar-refractivity contribution < 1.29 is 13.5 Å². The SMILES string of the molecule is Fc1ccc(COc2ccc(Br)cc2CBr)cc1F. The molecule has 0 unspecified atom stereocenters. The van der Waals surface area contributed by atoms with Crippen LogP contribution >= 0.6 is 31.9 Å². The zero-order valence-corrected chi connectivity index (χ0v) is 13.0. The van der Waals surface area contributed by atoms with E-state index >= 15 is 0 Å². The number of rotatable bonds is 4. The Morgan fingerprint density at radius 2 is 1.79 bits per heavy atom. The Morgan fingerprint density at radius 1 is 1.00 bits per heavy atom. The molecule has 0 bridgehead atoms. The Kier molecular flexibility index (Phi) is 4.93. The lowest BCUT2D eigenvalue weighted by Gasteiger charge is -2.10. The molecule has 0 aliphatic heterocycles. The molecule has 2 rings (SSSR count). The first-order valence-corrected chi connectivity index (χ1v) is 7.42. The summed E-state index contributed by atoms with van der Waals surface area (Å²) in [7, 11) is 0. The Hall–Kier alpha value is -0.940. The van der Waals surface area contributed by atoms with Crippen molar-refractivity contribution in [3.63, 3.8) is 0 Å². The second kappa shape index (κ2) is 6.48. The summed E-state index contributed by atoms with van der Waals surface area (Å²) in [4.78, 5) is 0. The Morgan fingerprint density at radius 3 is 2.47 bits per heavy atom. The summed E-state index contributed by atoms with van der Waals surface area (Å²) in [6.07, 6.45) is 0. The van der Waals surface area contributed by atoms with Gasteiger partial charge in [0.15, 0.2) is 11.6 Å². The lowest BCUT2D eigenvalue weighted by molar-refractivity contribution is 0.303. The average Bonchev–Trinajstić information content (AvgIpc) is 2.41. The van der Waals surface area contributed by atoms with Gasteiger partial charge in [-0.15, -0.1) is 0 Å². The van der Waals surface area contributed by atoms with Crippen LogP contribution in [0.15, 0.2) is 40.9 Å². The van der Waals surface area contributed by atoms with E-state index in [9.17, 15) is 8.78 Å². The zero-order valence-electron chi connectivity index (χ0n) is 9.80. The number of hydrogen-bond donors (Lipinski definition) is 0. The molecule has 0 fully saturated rings. The van der Waals surface area contributed by atoms with Crippen LogP contribution in [0.1, 0.15) is 11.1 Å². The minimum Gasteiger partial charge on any atom is -0.489 e. The maximum atomic E-state index is 13.1. The molecular weight excluding hydrogens is 382 g/mol. The first kappa shape index (κ1) is 14.5. The third-order valence-corrected chi connectivity index (χ3v) is 3.64. The topological polar surface area (TPSA) is 9.23 Å². The molecule has 1 nitrogen and oxygen atoms in total. The Balaban J connectivity index is 2.12. The van der Waals surface area contributed by atoms with Gasteiger partial charge in [-0.1, -0.05) is 37.9 Å². The third-order valence-electron chi connectivity index (χ3n) is 2.54. The highest BCUT2D eigenvalue weighted by atomic mass is 79.9. The van der Waals surface area contributed by atoms with Crippen LogP contribution in [0.3, 0.4) is 0 Å². The molecule has 19 heavy (non-hydrogen) atoms. The predicted molar refractivity (Wildman–Crippen MR) is 77.5 cm³/mol. The molecule has 0 atom stereocenters. The van der Waals surface area contributed by atoms with Crippen molar-refractivity contribution in [2.75, 3.05) is 0 Å². The molecule has 0 amide bonds. The van der Waals surface area contributed by atoms with E-state index in [0.29, 0.717) is 16.6 Å². The van der Waals surface area contributed by atoms with E-state index in [1.54, 1.807) is 0 Å². The lowest BCUT2D eigenvalue weighted by Crippen LogP contribution is -1.99. The third kappa shape index (κ3) is 3.76. The second-order valence-corrected chi connectivity index (χ2v) is 5.40. The van der Waals surface area contributed by atoms with E-state index in [1.165, 1.54) is 6.07 Å². The van der Waals surface area contributed by atoms with Crippen LogP contribution in [-0.4, -0.2) is 0 Å². The maximum Gasteiger partial charge on any atom is 0.159 e. The normalized spacial score (nSPS) is 10.5. The summed E-state index contributed by atoms with van der Waals surface area (Å²) in [5, 5.41) is 0.652. The summed E-state index contributed by atoms with van der Waals surface area (Å²) in [6.45, 7) is 0.193. The van der Waals surface area contributed by atoms with Crippen LogP contribution in [0.2, 0.25) is 0 Å². The van der Waals surface area contributed by atoms with Gasteiger partial charge >= 0.3 is 0 Å². The molecule has 0 saturated heterocycles. The van der Waals surface area contributed by atoms with Gasteiger partial charge in [0, 0.05) is 15.4 Å². The van der Waals surface area contributed by atoms with E-state index in [2.05, 4.69) is 31.9 Å². The first-order chi connectivity index (χ1) is 9.10. The molecule has 0 aliphatic rings. The van der Waals surface area contributed by atoms with E-state index in [1.807, 2.05) is 18.2 Å². The van der Waals surface area contributed by atoms with Crippen molar-refractivity contribution >= 4 is 31.9 Å². The van der Waals surface area contributed by atoms with Gasteiger partial charge in [-0.05, 0) is 35.9 Å². The fourth-order valence-electron chi connectivity index (χ4n) is 1.58. The predicted octanol–water partition coefficient (Wildman–Crippen LogP) is 5.20. The molecule has 0 aromatic heterocycles. The van der Waals surface area contributed by atoms with Crippen LogP contribution < -0.4 is 4.74 Å². The van der Waals surface area contributed by atoms with E-state index in [4.69, 9.17) is 4.74 Å². The second-order valence-electron chi connectivity index (χ2n) is 3.92. The molecule has 0 heterocycles. The molecule has 0 saturated carbocycles. The molecule has 0 aliphatic carbocycles. The summed E-state index contributed by atoms with van der Waals surface area (Å²) in [5.74, 6) is -1.00. The van der Waals surface area contributed by atoms with Crippen molar-refractivity contribution in [2.45, 2.75) is 11.9 Å². The van der Waals surface area contributed by atoms with E-state index in [0.717, 1.165) is 22.2 Å². The number of hydrogen-bond acceptors (Lipinski definition) is 1. The van der Waals surface area contributed by atoms with Crippen molar-refractivity contribution in [3.8, 4) is 5.75 Å². The number of ether oxygens (including phenoxy) is 1. The minimum absolute atomic E-state index is 0.193. The van der Waals surface area contributed by atoms with Crippen LogP contribution in [0.4, 0.5) is 8.78 Å². The van der Waals surface area contributed by atoms with Crippen molar-refractivity contribution in [1.82, 2.24) is 0 Å². The number of halogens is 4. The zero-order chi connectivity index (χ0) is 13.8. The Bertz CT molecular complexity index is 588. The molecule has 0 spiro atoms. The molecule has 2 aromatic carbocycles. The molecule has 100 valence electrons. The fraction of sp³-hybridized carbons (Fsp3) is 0.143. The molecular formula is C14H10Br2F2O. The molecule has 2 aromatic rings.